The van der Waals surface area contributed by atoms with Crippen LogP contribution in [0.2, 0.25) is 0 Å². The molecule has 0 saturated heterocycles. The summed E-state index contributed by atoms with van der Waals surface area (Å²) in [5, 5.41) is 13.1. The first-order valence-corrected chi connectivity index (χ1v) is 8.16. The van der Waals surface area contributed by atoms with Crippen molar-refractivity contribution in [2.45, 2.75) is 70.4 Å². The van der Waals surface area contributed by atoms with E-state index in [1.165, 1.54) is 51.6 Å². The molecule has 0 radical (unpaired) electrons. The fourth-order valence-corrected chi connectivity index (χ4v) is 3.73. The molecule has 2 saturated carbocycles. The summed E-state index contributed by atoms with van der Waals surface area (Å²) in [6.07, 6.45) is 8.70. The van der Waals surface area contributed by atoms with Crippen LogP contribution in [0.4, 0.5) is 0 Å². The smallest absolute Gasteiger partial charge is 0.109 e. The first-order valence-electron chi connectivity index (χ1n) is 8.16. The van der Waals surface area contributed by atoms with Crippen molar-refractivity contribution in [3.8, 4) is 6.07 Å². The first-order chi connectivity index (χ1) is 9.25. The summed E-state index contributed by atoms with van der Waals surface area (Å²) in [4.78, 5) is 2.66. The number of nitrogens with zero attached hydrogens (tertiary/aromatic N) is 2. The molecular formula is C16H29N3. The van der Waals surface area contributed by atoms with Crippen LogP contribution < -0.4 is 5.32 Å². The molecule has 2 aliphatic carbocycles. The molecule has 3 heteroatoms. The van der Waals surface area contributed by atoms with Gasteiger partial charge in [0.05, 0.1) is 6.07 Å². The minimum absolute atomic E-state index is 0.226. The Morgan fingerprint density at radius 1 is 1.26 bits per heavy atom. The van der Waals surface area contributed by atoms with E-state index in [0.29, 0.717) is 5.92 Å². The van der Waals surface area contributed by atoms with E-state index in [9.17, 15) is 5.26 Å². The van der Waals surface area contributed by atoms with E-state index in [2.05, 4.69) is 30.1 Å². The second-order valence-electron chi connectivity index (χ2n) is 6.26. The molecule has 3 nitrogen and oxygen atoms in total. The number of hydrogen-bond acceptors (Lipinski definition) is 3. The third-order valence-electron chi connectivity index (χ3n) is 4.85. The Morgan fingerprint density at radius 2 is 2.05 bits per heavy atom. The third kappa shape index (κ3) is 3.49. The minimum atomic E-state index is -0.226. The summed E-state index contributed by atoms with van der Waals surface area (Å²) >= 11 is 0. The monoisotopic (exact) mass is 263 g/mol. The van der Waals surface area contributed by atoms with Crippen LogP contribution in [0.25, 0.3) is 0 Å². The lowest BCUT2D eigenvalue weighted by Crippen LogP contribution is -2.47. The van der Waals surface area contributed by atoms with Gasteiger partial charge in [0, 0.05) is 6.04 Å². The topological polar surface area (TPSA) is 39.1 Å². The highest BCUT2D eigenvalue weighted by Crippen LogP contribution is 2.38. The molecule has 108 valence electrons. The van der Waals surface area contributed by atoms with Crippen LogP contribution in [-0.4, -0.2) is 36.1 Å². The number of nitrogens with one attached hydrogen (secondary N) is 1. The van der Waals surface area contributed by atoms with Crippen molar-refractivity contribution in [1.29, 1.82) is 5.26 Å². The normalized spacial score (nSPS) is 30.7. The Balaban J connectivity index is 1.88. The molecule has 2 rings (SSSR count). The van der Waals surface area contributed by atoms with Crippen LogP contribution in [0.1, 0.15) is 58.8 Å². The fraction of sp³-hybridized carbons (Fsp3) is 0.938. The van der Waals surface area contributed by atoms with E-state index in [1.807, 2.05) is 0 Å². The molecule has 19 heavy (non-hydrogen) atoms. The van der Waals surface area contributed by atoms with Gasteiger partial charge in [-0.2, -0.15) is 5.26 Å². The number of hydrogen-bond donors (Lipinski definition) is 1. The SMILES string of the molecule is CCCN(CCC1CCCC1(C#N)NCC)C1CC1. The maximum absolute atomic E-state index is 9.58. The van der Waals surface area contributed by atoms with Crippen molar-refractivity contribution in [3.63, 3.8) is 0 Å². The summed E-state index contributed by atoms with van der Waals surface area (Å²) in [6.45, 7) is 7.71. The summed E-state index contributed by atoms with van der Waals surface area (Å²) in [7, 11) is 0. The van der Waals surface area contributed by atoms with Gasteiger partial charge in [-0.15, -0.1) is 0 Å². The Kier molecular flexibility index (Phi) is 5.24. The Labute approximate surface area is 118 Å². The lowest BCUT2D eigenvalue weighted by Gasteiger charge is -2.31. The molecular weight excluding hydrogens is 234 g/mol. The van der Waals surface area contributed by atoms with Crippen LogP contribution in [0.5, 0.6) is 0 Å². The molecule has 2 fully saturated rings. The summed E-state index contributed by atoms with van der Waals surface area (Å²) in [5.74, 6) is 0.551. The van der Waals surface area contributed by atoms with E-state index in [-0.39, 0.29) is 5.54 Å². The van der Waals surface area contributed by atoms with Gasteiger partial charge in [0.15, 0.2) is 0 Å². The Hall–Kier alpha value is -0.590. The lowest BCUT2D eigenvalue weighted by molar-refractivity contribution is 0.216. The quantitative estimate of drug-likeness (QED) is 0.732. The van der Waals surface area contributed by atoms with Crippen molar-refractivity contribution in [2.75, 3.05) is 19.6 Å². The highest BCUT2D eigenvalue weighted by molar-refractivity contribution is 5.14. The van der Waals surface area contributed by atoms with Gasteiger partial charge in [-0.3, -0.25) is 5.32 Å². The van der Waals surface area contributed by atoms with Gasteiger partial charge in [0.25, 0.3) is 0 Å². The Morgan fingerprint density at radius 3 is 2.63 bits per heavy atom. The van der Waals surface area contributed by atoms with Gasteiger partial charge in [-0.05, 0) is 64.1 Å². The summed E-state index contributed by atoms with van der Waals surface area (Å²) in [5.41, 5.74) is -0.226. The zero-order chi connectivity index (χ0) is 13.7. The summed E-state index contributed by atoms with van der Waals surface area (Å²) < 4.78 is 0. The largest absolute Gasteiger partial charge is 0.300 e. The van der Waals surface area contributed by atoms with Gasteiger partial charge in [0.2, 0.25) is 0 Å². The average Bonchev–Trinajstić information content (AvgIpc) is 3.18. The molecule has 0 heterocycles. The molecule has 0 aliphatic heterocycles. The molecule has 2 atom stereocenters. The molecule has 0 bridgehead atoms. The van der Waals surface area contributed by atoms with Gasteiger partial charge < -0.3 is 4.90 Å². The van der Waals surface area contributed by atoms with Crippen molar-refractivity contribution < 1.29 is 0 Å². The average molecular weight is 263 g/mol. The van der Waals surface area contributed by atoms with Crippen LogP contribution in [-0.2, 0) is 0 Å². The van der Waals surface area contributed by atoms with Crippen LogP contribution in [0.15, 0.2) is 0 Å². The van der Waals surface area contributed by atoms with E-state index in [4.69, 9.17) is 0 Å². The zero-order valence-electron chi connectivity index (χ0n) is 12.6. The standard InChI is InChI=1S/C16H29N3/c1-3-11-19(15-7-8-15)12-9-14-6-5-10-16(14,13-17)18-4-2/h14-15,18H,3-12H2,1-2H3. The molecule has 2 unspecified atom stereocenters. The highest BCUT2D eigenvalue weighted by atomic mass is 15.2. The lowest BCUT2D eigenvalue weighted by atomic mass is 9.85. The van der Waals surface area contributed by atoms with Crippen molar-refractivity contribution in [1.82, 2.24) is 10.2 Å². The first kappa shape index (κ1) is 14.8. The van der Waals surface area contributed by atoms with E-state index < -0.39 is 0 Å². The Bertz CT molecular complexity index is 318. The maximum Gasteiger partial charge on any atom is 0.109 e. The van der Waals surface area contributed by atoms with Gasteiger partial charge >= 0.3 is 0 Å². The second kappa shape index (κ2) is 6.72. The molecule has 1 N–H and O–H groups in total. The van der Waals surface area contributed by atoms with E-state index in [0.717, 1.165) is 19.0 Å². The molecule has 2 aliphatic rings. The van der Waals surface area contributed by atoms with Gasteiger partial charge in [-0.1, -0.05) is 20.3 Å². The van der Waals surface area contributed by atoms with Crippen molar-refractivity contribution in [3.05, 3.63) is 0 Å². The number of nitriles is 1. The highest BCUT2D eigenvalue weighted by Gasteiger charge is 2.42. The van der Waals surface area contributed by atoms with Crippen LogP contribution in [0.3, 0.4) is 0 Å². The predicted octanol–water partition coefficient (Wildman–Crippen LogP) is 2.92. The van der Waals surface area contributed by atoms with Gasteiger partial charge in [0.1, 0.15) is 5.54 Å². The second-order valence-corrected chi connectivity index (χ2v) is 6.26. The maximum atomic E-state index is 9.58. The van der Waals surface area contributed by atoms with Gasteiger partial charge in [-0.25, -0.2) is 0 Å². The zero-order valence-corrected chi connectivity index (χ0v) is 12.6. The fourth-order valence-electron chi connectivity index (χ4n) is 3.73. The van der Waals surface area contributed by atoms with Crippen LogP contribution in [0, 0.1) is 17.2 Å². The van der Waals surface area contributed by atoms with Crippen molar-refractivity contribution >= 4 is 0 Å². The van der Waals surface area contributed by atoms with Crippen LogP contribution >= 0.6 is 0 Å². The summed E-state index contributed by atoms with van der Waals surface area (Å²) in [6, 6.07) is 3.46. The third-order valence-corrected chi connectivity index (χ3v) is 4.85. The van der Waals surface area contributed by atoms with E-state index in [1.54, 1.807) is 0 Å². The molecule has 0 aromatic carbocycles. The molecule has 0 spiro atoms. The van der Waals surface area contributed by atoms with Crippen molar-refractivity contribution in [2.24, 2.45) is 5.92 Å². The van der Waals surface area contributed by atoms with E-state index >= 15 is 0 Å². The molecule has 0 aromatic heterocycles. The minimum Gasteiger partial charge on any atom is -0.300 e. The number of rotatable bonds is 8. The predicted molar refractivity (Wildman–Crippen MR) is 78.9 cm³/mol. The molecule has 0 aromatic rings. The molecule has 0 amide bonds.